The predicted octanol–water partition coefficient (Wildman–Crippen LogP) is 6.35. The number of ketones is 1. The predicted molar refractivity (Wildman–Crippen MR) is 136 cm³/mol. The molecular formula is C31H36O4. The van der Waals surface area contributed by atoms with Crippen molar-refractivity contribution in [1.82, 2.24) is 0 Å². The average molecular weight is 473 g/mol. The quantitative estimate of drug-likeness (QED) is 0.532. The molecule has 35 heavy (non-hydrogen) atoms. The summed E-state index contributed by atoms with van der Waals surface area (Å²) in [6.45, 7) is 2.45. The summed E-state index contributed by atoms with van der Waals surface area (Å²) < 4.78 is 5.28. The molecule has 1 aromatic heterocycles. The molecule has 1 heterocycles. The number of rotatable bonds is 5. The molecule has 4 heteroatoms. The highest BCUT2D eigenvalue weighted by atomic mass is 16.3. The van der Waals surface area contributed by atoms with E-state index in [1.807, 2.05) is 12.1 Å². The lowest BCUT2D eigenvalue weighted by atomic mass is 9.51. The number of allylic oxidation sites excluding steroid dienone is 4. The zero-order chi connectivity index (χ0) is 24.2. The van der Waals surface area contributed by atoms with Crippen molar-refractivity contribution < 1.29 is 19.4 Å². The van der Waals surface area contributed by atoms with Gasteiger partial charge in [-0.1, -0.05) is 36.8 Å². The smallest absolute Gasteiger partial charge is 0.156 e. The maximum Gasteiger partial charge on any atom is 0.156 e. The number of aliphatic hydroxyl groups is 2. The van der Waals surface area contributed by atoms with Crippen molar-refractivity contribution in [1.29, 1.82) is 0 Å². The van der Waals surface area contributed by atoms with Crippen molar-refractivity contribution >= 4 is 5.78 Å². The molecule has 6 rings (SSSR count). The highest BCUT2D eigenvalue weighted by molar-refractivity contribution is 5.93. The molecule has 4 aliphatic carbocycles. The van der Waals surface area contributed by atoms with Crippen molar-refractivity contribution in [3.8, 4) is 11.1 Å². The third kappa shape index (κ3) is 3.60. The van der Waals surface area contributed by atoms with Crippen molar-refractivity contribution in [2.75, 3.05) is 6.61 Å². The summed E-state index contributed by atoms with van der Waals surface area (Å²) in [5.74, 6) is 1.42. The Morgan fingerprint density at radius 1 is 1.06 bits per heavy atom. The van der Waals surface area contributed by atoms with Gasteiger partial charge < -0.3 is 14.6 Å². The van der Waals surface area contributed by atoms with Gasteiger partial charge in [0.2, 0.25) is 0 Å². The van der Waals surface area contributed by atoms with Gasteiger partial charge in [-0.2, -0.15) is 0 Å². The van der Waals surface area contributed by atoms with Crippen LogP contribution in [0.15, 0.2) is 70.1 Å². The summed E-state index contributed by atoms with van der Waals surface area (Å²) in [5, 5.41) is 21.5. The molecule has 2 saturated carbocycles. The monoisotopic (exact) mass is 472 g/mol. The first-order chi connectivity index (χ1) is 16.9. The maximum absolute atomic E-state index is 12.2. The molecule has 4 nitrogen and oxygen atoms in total. The van der Waals surface area contributed by atoms with Crippen molar-refractivity contribution in [2.24, 2.45) is 17.3 Å². The molecule has 0 spiro atoms. The molecule has 2 N–H and O–H groups in total. The van der Waals surface area contributed by atoms with E-state index < -0.39 is 5.60 Å². The van der Waals surface area contributed by atoms with E-state index in [0.29, 0.717) is 31.1 Å². The Balaban J connectivity index is 1.46. The van der Waals surface area contributed by atoms with Crippen LogP contribution < -0.4 is 0 Å². The normalized spacial score (nSPS) is 34.3. The largest absolute Gasteiger partial charge is 0.472 e. The van der Waals surface area contributed by atoms with Gasteiger partial charge in [-0.25, -0.2) is 0 Å². The summed E-state index contributed by atoms with van der Waals surface area (Å²) in [7, 11) is 0. The van der Waals surface area contributed by atoms with Crippen molar-refractivity contribution in [3.05, 3.63) is 71.2 Å². The minimum Gasteiger partial charge on any atom is -0.472 e. The molecule has 0 bridgehead atoms. The Morgan fingerprint density at radius 3 is 2.63 bits per heavy atom. The molecule has 0 amide bonds. The number of aliphatic hydroxyl groups excluding tert-OH is 1. The van der Waals surface area contributed by atoms with E-state index >= 15 is 0 Å². The third-order valence-electron chi connectivity index (χ3n) is 9.97. The minimum absolute atomic E-state index is 0.128. The second-order valence-electron chi connectivity index (χ2n) is 11.5. The Labute approximate surface area is 207 Å². The summed E-state index contributed by atoms with van der Waals surface area (Å²) in [6, 6.07) is 10.9. The van der Waals surface area contributed by atoms with Gasteiger partial charge in [0.15, 0.2) is 5.78 Å². The molecule has 1 aromatic carbocycles. The van der Waals surface area contributed by atoms with E-state index in [1.165, 1.54) is 16.7 Å². The van der Waals surface area contributed by atoms with Crippen LogP contribution in [0.4, 0.5) is 0 Å². The average Bonchev–Trinajstić information content (AvgIpc) is 3.49. The first kappa shape index (κ1) is 23.0. The standard InChI is InChI=1S/C31H36O4/c1-30-18-27(21-5-3-20(4-6-21)23-12-16-35-19-23)29-25-10-8-24(33)17-22(25)7-9-26(29)28(30)11-14-31(30,34)13-2-15-32/h3-6,12,16-17,19,26-28,32,34H,2,7-11,13-15,18H2,1H3/t26-,27+,28-,30+,31-/m0/s1. The molecule has 0 radical (unpaired) electrons. The Morgan fingerprint density at radius 2 is 1.89 bits per heavy atom. The number of carbonyl (C=O) groups is 1. The van der Waals surface area contributed by atoms with Crippen LogP contribution in [0.1, 0.15) is 76.2 Å². The third-order valence-corrected chi connectivity index (χ3v) is 9.97. The van der Waals surface area contributed by atoms with E-state index in [0.717, 1.165) is 49.7 Å². The van der Waals surface area contributed by atoms with Crippen LogP contribution in [0.5, 0.6) is 0 Å². The number of fused-ring (bicyclic) bond motifs is 4. The number of furan rings is 1. The first-order valence-corrected chi connectivity index (χ1v) is 13.4. The fourth-order valence-corrected chi connectivity index (χ4v) is 8.17. The number of hydrogen-bond donors (Lipinski definition) is 2. The van der Waals surface area contributed by atoms with Gasteiger partial charge in [0.1, 0.15) is 0 Å². The van der Waals surface area contributed by atoms with E-state index in [-0.39, 0.29) is 23.7 Å². The van der Waals surface area contributed by atoms with Crippen LogP contribution in [-0.2, 0) is 4.79 Å². The molecule has 5 atom stereocenters. The van der Waals surface area contributed by atoms with Gasteiger partial charge in [-0.3, -0.25) is 4.79 Å². The maximum atomic E-state index is 12.2. The number of carbonyl (C=O) groups excluding carboxylic acids is 1. The van der Waals surface area contributed by atoms with Crippen LogP contribution in [-0.4, -0.2) is 28.2 Å². The fourth-order valence-electron chi connectivity index (χ4n) is 8.17. The number of benzene rings is 1. The second kappa shape index (κ2) is 8.60. The lowest BCUT2D eigenvalue weighted by molar-refractivity contribution is -0.114. The van der Waals surface area contributed by atoms with E-state index in [2.05, 4.69) is 31.2 Å². The number of hydrogen-bond acceptors (Lipinski definition) is 4. The topological polar surface area (TPSA) is 70.7 Å². The summed E-state index contributed by atoms with van der Waals surface area (Å²) >= 11 is 0. The zero-order valence-electron chi connectivity index (χ0n) is 20.6. The molecule has 2 aromatic rings. The molecule has 184 valence electrons. The summed E-state index contributed by atoms with van der Waals surface area (Å²) in [5.41, 5.74) is 6.88. The molecule has 2 fully saturated rings. The Hall–Kier alpha value is -2.43. The lowest BCUT2D eigenvalue weighted by Crippen LogP contribution is -2.51. The van der Waals surface area contributed by atoms with Crippen molar-refractivity contribution in [3.63, 3.8) is 0 Å². The van der Waals surface area contributed by atoms with Crippen LogP contribution in [0, 0.1) is 17.3 Å². The first-order valence-electron chi connectivity index (χ1n) is 13.4. The van der Waals surface area contributed by atoms with Crippen LogP contribution in [0.25, 0.3) is 11.1 Å². The molecule has 0 unspecified atom stereocenters. The lowest BCUT2D eigenvalue weighted by Gasteiger charge is -2.55. The molecule has 0 aliphatic heterocycles. The molecular weight excluding hydrogens is 436 g/mol. The summed E-state index contributed by atoms with van der Waals surface area (Å²) in [6.07, 6.45) is 13.0. The van der Waals surface area contributed by atoms with E-state index in [4.69, 9.17) is 4.42 Å². The molecule has 0 saturated heterocycles. The second-order valence-corrected chi connectivity index (χ2v) is 11.5. The zero-order valence-corrected chi connectivity index (χ0v) is 20.6. The Bertz CT molecular complexity index is 1170. The van der Waals surface area contributed by atoms with Crippen LogP contribution in [0.3, 0.4) is 0 Å². The van der Waals surface area contributed by atoms with Gasteiger partial charge in [0.25, 0.3) is 0 Å². The highest BCUT2D eigenvalue weighted by Gasteiger charge is 2.62. The fraction of sp³-hybridized carbons (Fsp3) is 0.516. The SMILES string of the molecule is C[C@@]12C[C@H](c3ccc(-c4ccoc4)cc3)C3=C4CCC(=O)C=C4CC[C@H]3[C@@H]1CC[C@@]2(O)CCCO. The van der Waals surface area contributed by atoms with Gasteiger partial charge in [-0.15, -0.1) is 0 Å². The van der Waals surface area contributed by atoms with Gasteiger partial charge >= 0.3 is 0 Å². The van der Waals surface area contributed by atoms with Crippen molar-refractivity contribution in [2.45, 2.75) is 76.2 Å². The molecule has 4 aliphatic rings. The van der Waals surface area contributed by atoms with Crippen LogP contribution in [0.2, 0.25) is 0 Å². The minimum atomic E-state index is -0.732. The van der Waals surface area contributed by atoms with Crippen LogP contribution >= 0.6 is 0 Å². The van der Waals surface area contributed by atoms with E-state index in [9.17, 15) is 15.0 Å². The Kier molecular flexibility index (Phi) is 5.65. The van der Waals surface area contributed by atoms with Gasteiger partial charge in [-0.05, 0) is 97.6 Å². The van der Waals surface area contributed by atoms with E-state index in [1.54, 1.807) is 18.1 Å². The highest BCUT2D eigenvalue weighted by Crippen LogP contribution is 2.67. The summed E-state index contributed by atoms with van der Waals surface area (Å²) in [4.78, 5) is 12.2. The van der Waals surface area contributed by atoms with Gasteiger partial charge in [0, 0.05) is 29.9 Å². The van der Waals surface area contributed by atoms with Gasteiger partial charge in [0.05, 0.1) is 18.1 Å².